The summed E-state index contributed by atoms with van der Waals surface area (Å²) in [5.41, 5.74) is 1.83. The smallest absolute Gasteiger partial charge is 0.273 e. The van der Waals surface area contributed by atoms with Gasteiger partial charge in [-0.3, -0.25) is 14.9 Å². The van der Waals surface area contributed by atoms with Gasteiger partial charge in [-0.1, -0.05) is 11.6 Å². The number of carbonyl (C=O) groups is 1. The standard InChI is InChI=1S/C22H23ClN4O5/c1-31-20-13-16(27(29)30)3-4-17(20)24-21(28)8-11-26-9-6-14(7-10-26)22-25-18-12-15(23)2-5-19(18)32-22/h2-5,12-14H,6-11H2,1H3,(H,24,28). The number of oxazole rings is 1. The lowest BCUT2D eigenvalue weighted by Crippen LogP contribution is -2.35. The van der Waals surface area contributed by atoms with Crippen LogP contribution in [0, 0.1) is 10.1 Å². The van der Waals surface area contributed by atoms with Crippen LogP contribution in [0.5, 0.6) is 5.75 Å². The van der Waals surface area contributed by atoms with Crippen LogP contribution in [-0.2, 0) is 4.79 Å². The molecule has 10 heteroatoms. The van der Waals surface area contributed by atoms with Crippen LogP contribution in [0.25, 0.3) is 11.1 Å². The summed E-state index contributed by atoms with van der Waals surface area (Å²) in [5.74, 6) is 1.07. The average molecular weight is 459 g/mol. The van der Waals surface area contributed by atoms with E-state index in [4.69, 9.17) is 20.8 Å². The van der Waals surface area contributed by atoms with E-state index in [0.717, 1.165) is 42.9 Å². The van der Waals surface area contributed by atoms with Crippen molar-refractivity contribution in [1.82, 2.24) is 9.88 Å². The Bertz CT molecular complexity index is 1140. The molecule has 1 fully saturated rings. The van der Waals surface area contributed by atoms with Gasteiger partial charge in [0, 0.05) is 30.0 Å². The first kappa shape index (κ1) is 22.0. The van der Waals surface area contributed by atoms with Crippen LogP contribution >= 0.6 is 11.6 Å². The molecule has 1 aliphatic rings. The Labute approximate surface area is 189 Å². The number of halogens is 1. The molecule has 0 spiro atoms. The SMILES string of the molecule is COc1cc([N+](=O)[O-])ccc1NC(=O)CCN1CCC(c2nc3cc(Cl)ccc3o2)CC1. The topological polar surface area (TPSA) is 111 Å². The van der Waals surface area contributed by atoms with Crippen molar-refractivity contribution in [2.45, 2.75) is 25.2 Å². The molecule has 1 aliphatic heterocycles. The molecule has 0 unspecified atom stereocenters. The maximum Gasteiger partial charge on any atom is 0.273 e. The molecule has 2 aromatic carbocycles. The lowest BCUT2D eigenvalue weighted by molar-refractivity contribution is -0.384. The maximum atomic E-state index is 12.4. The van der Waals surface area contributed by atoms with Gasteiger partial charge in [-0.15, -0.1) is 0 Å². The second-order valence-electron chi connectivity index (χ2n) is 7.72. The number of piperidine rings is 1. The number of likely N-dealkylation sites (tertiary alicyclic amines) is 1. The summed E-state index contributed by atoms with van der Waals surface area (Å²) in [4.78, 5) is 29.6. The van der Waals surface area contributed by atoms with Gasteiger partial charge in [0.2, 0.25) is 5.91 Å². The highest BCUT2D eigenvalue weighted by molar-refractivity contribution is 6.31. The maximum absolute atomic E-state index is 12.4. The van der Waals surface area contributed by atoms with Crippen LogP contribution in [0.3, 0.4) is 0 Å². The van der Waals surface area contributed by atoms with E-state index in [0.29, 0.717) is 23.7 Å². The van der Waals surface area contributed by atoms with Crippen molar-refractivity contribution in [1.29, 1.82) is 0 Å². The van der Waals surface area contributed by atoms with Crippen molar-refractivity contribution in [2.75, 3.05) is 32.1 Å². The largest absolute Gasteiger partial charge is 0.494 e. The second-order valence-corrected chi connectivity index (χ2v) is 8.16. The lowest BCUT2D eigenvalue weighted by atomic mass is 9.96. The highest BCUT2D eigenvalue weighted by Gasteiger charge is 2.25. The molecule has 168 valence electrons. The fraction of sp³-hybridized carbons (Fsp3) is 0.364. The summed E-state index contributed by atoms with van der Waals surface area (Å²) in [6.45, 7) is 2.31. The van der Waals surface area contributed by atoms with Gasteiger partial charge in [0.15, 0.2) is 11.5 Å². The number of nitro benzene ring substituents is 1. The molecule has 0 bridgehead atoms. The van der Waals surface area contributed by atoms with Crippen molar-refractivity contribution in [3.05, 3.63) is 57.4 Å². The molecule has 0 saturated carbocycles. The number of amides is 1. The number of nitro groups is 1. The van der Waals surface area contributed by atoms with E-state index in [2.05, 4.69) is 15.2 Å². The zero-order valence-corrected chi connectivity index (χ0v) is 18.3. The predicted octanol–water partition coefficient (Wildman–Crippen LogP) is 4.61. The molecule has 0 aliphatic carbocycles. The van der Waals surface area contributed by atoms with Crippen LogP contribution in [0.1, 0.15) is 31.1 Å². The minimum absolute atomic E-state index is 0.0928. The number of fused-ring (bicyclic) bond motifs is 1. The highest BCUT2D eigenvalue weighted by atomic mass is 35.5. The third kappa shape index (κ3) is 5.00. The Hall–Kier alpha value is -3.17. The number of anilines is 1. The molecular weight excluding hydrogens is 436 g/mol. The van der Waals surface area contributed by atoms with Crippen molar-refractivity contribution < 1.29 is 18.9 Å². The number of nitrogens with zero attached hydrogens (tertiary/aromatic N) is 3. The third-order valence-corrected chi connectivity index (χ3v) is 5.86. The van der Waals surface area contributed by atoms with Gasteiger partial charge in [0.1, 0.15) is 11.3 Å². The number of methoxy groups -OCH3 is 1. The van der Waals surface area contributed by atoms with Crippen LogP contribution in [0.15, 0.2) is 40.8 Å². The Kier molecular flexibility index (Phi) is 6.57. The van der Waals surface area contributed by atoms with E-state index in [-0.39, 0.29) is 23.3 Å². The normalized spacial score (nSPS) is 15.1. The molecule has 9 nitrogen and oxygen atoms in total. The zero-order chi connectivity index (χ0) is 22.7. The Morgan fingerprint density at radius 1 is 1.31 bits per heavy atom. The highest BCUT2D eigenvalue weighted by Crippen LogP contribution is 2.31. The number of non-ortho nitro benzene ring substituents is 1. The molecule has 32 heavy (non-hydrogen) atoms. The molecule has 1 N–H and O–H groups in total. The molecule has 3 aromatic rings. The third-order valence-electron chi connectivity index (χ3n) is 5.63. The monoisotopic (exact) mass is 458 g/mol. The number of aromatic nitrogens is 1. The van der Waals surface area contributed by atoms with Gasteiger partial charge >= 0.3 is 0 Å². The molecule has 4 rings (SSSR count). The summed E-state index contributed by atoms with van der Waals surface area (Å²) in [6.07, 6.45) is 2.11. The molecule has 0 atom stereocenters. The zero-order valence-electron chi connectivity index (χ0n) is 17.5. The minimum Gasteiger partial charge on any atom is -0.494 e. The summed E-state index contributed by atoms with van der Waals surface area (Å²) >= 11 is 6.03. The summed E-state index contributed by atoms with van der Waals surface area (Å²) < 4.78 is 11.1. The fourth-order valence-electron chi connectivity index (χ4n) is 3.87. The van der Waals surface area contributed by atoms with Crippen LogP contribution in [0.4, 0.5) is 11.4 Å². The van der Waals surface area contributed by atoms with E-state index in [1.807, 2.05) is 6.07 Å². The Balaban J connectivity index is 1.27. The van der Waals surface area contributed by atoms with Crippen LogP contribution in [0.2, 0.25) is 5.02 Å². The van der Waals surface area contributed by atoms with Crippen molar-refractivity contribution in [3.8, 4) is 5.75 Å². The van der Waals surface area contributed by atoms with Crippen molar-refractivity contribution >= 4 is 40.0 Å². The summed E-state index contributed by atoms with van der Waals surface area (Å²) in [5, 5.41) is 14.3. The number of ether oxygens (including phenoxy) is 1. The summed E-state index contributed by atoms with van der Waals surface area (Å²) in [6, 6.07) is 9.54. The Morgan fingerprint density at radius 2 is 2.09 bits per heavy atom. The first-order valence-corrected chi connectivity index (χ1v) is 10.7. The molecular formula is C22H23ClN4O5. The van der Waals surface area contributed by atoms with Gasteiger partial charge in [-0.2, -0.15) is 0 Å². The van der Waals surface area contributed by atoms with E-state index in [9.17, 15) is 14.9 Å². The van der Waals surface area contributed by atoms with Crippen LogP contribution < -0.4 is 10.1 Å². The fourth-order valence-corrected chi connectivity index (χ4v) is 4.03. The van der Waals surface area contributed by atoms with Crippen LogP contribution in [-0.4, -0.2) is 47.5 Å². The number of benzene rings is 2. The predicted molar refractivity (Wildman–Crippen MR) is 120 cm³/mol. The average Bonchev–Trinajstić information content (AvgIpc) is 3.21. The number of carbonyl (C=O) groups excluding carboxylic acids is 1. The molecule has 2 heterocycles. The first-order chi connectivity index (χ1) is 15.4. The number of nitrogens with one attached hydrogen (secondary N) is 1. The quantitative estimate of drug-likeness (QED) is 0.406. The van der Waals surface area contributed by atoms with Crippen molar-refractivity contribution in [2.24, 2.45) is 0 Å². The first-order valence-electron chi connectivity index (χ1n) is 10.3. The number of rotatable bonds is 7. The van der Waals surface area contributed by atoms with Gasteiger partial charge in [0.25, 0.3) is 5.69 Å². The van der Waals surface area contributed by atoms with Crippen molar-refractivity contribution in [3.63, 3.8) is 0 Å². The summed E-state index contributed by atoms with van der Waals surface area (Å²) in [7, 11) is 1.41. The molecule has 1 amide bonds. The van der Waals surface area contributed by atoms with E-state index < -0.39 is 4.92 Å². The van der Waals surface area contributed by atoms with E-state index >= 15 is 0 Å². The number of hydrogen-bond donors (Lipinski definition) is 1. The second kappa shape index (κ2) is 9.54. The minimum atomic E-state index is -0.506. The Morgan fingerprint density at radius 3 is 2.81 bits per heavy atom. The lowest BCUT2D eigenvalue weighted by Gasteiger charge is -2.30. The molecule has 1 aromatic heterocycles. The molecule has 0 radical (unpaired) electrons. The molecule has 1 saturated heterocycles. The van der Waals surface area contributed by atoms with Gasteiger partial charge in [0.05, 0.1) is 23.8 Å². The van der Waals surface area contributed by atoms with E-state index in [1.54, 1.807) is 12.1 Å². The van der Waals surface area contributed by atoms with Gasteiger partial charge in [-0.05, 0) is 50.2 Å². The van der Waals surface area contributed by atoms with E-state index in [1.165, 1.54) is 25.3 Å². The number of hydrogen-bond acceptors (Lipinski definition) is 7. The van der Waals surface area contributed by atoms with Gasteiger partial charge < -0.3 is 19.4 Å². The van der Waals surface area contributed by atoms with Gasteiger partial charge in [-0.25, -0.2) is 4.98 Å².